The normalized spacial score (nSPS) is 15.2. The molecular formula is C15H15N3S. The summed E-state index contributed by atoms with van der Waals surface area (Å²) >= 11 is 1.73. The van der Waals surface area contributed by atoms with Gasteiger partial charge in [0.2, 0.25) is 4.96 Å². The minimum Gasteiger partial charge on any atom is -0.217 e. The molecule has 0 saturated heterocycles. The third-order valence-corrected chi connectivity index (χ3v) is 4.73. The molecule has 1 fully saturated rings. The second-order valence-corrected chi connectivity index (χ2v) is 6.11. The van der Waals surface area contributed by atoms with Gasteiger partial charge in [-0.15, -0.1) is 0 Å². The summed E-state index contributed by atoms with van der Waals surface area (Å²) < 4.78 is 1.93. The highest BCUT2D eigenvalue weighted by molar-refractivity contribution is 7.16. The average Bonchev–Trinajstić information content (AvgIpc) is 3.10. The Hall–Kier alpha value is -1.68. The number of fused-ring (bicyclic) bond motifs is 1. The molecule has 0 spiro atoms. The highest BCUT2D eigenvalue weighted by Crippen LogP contribution is 2.42. The second-order valence-electron chi connectivity index (χ2n) is 5.12. The van der Waals surface area contributed by atoms with Gasteiger partial charge in [-0.2, -0.15) is 5.10 Å². The number of benzene rings is 1. The van der Waals surface area contributed by atoms with Crippen LogP contribution < -0.4 is 0 Å². The molecule has 0 bridgehead atoms. The van der Waals surface area contributed by atoms with Crippen LogP contribution in [0.25, 0.3) is 16.2 Å². The molecule has 19 heavy (non-hydrogen) atoms. The molecule has 0 N–H and O–H groups in total. The first-order valence-corrected chi connectivity index (χ1v) is 7.60. The van der Waals surface area contributed by atoms with Crippen molar-refractivity contribution in [1.82, 2.24) is 14.6 Å². The summed E-state index contributed by atoms with van der Waals surface area (Å²) in [5.41, 5.74) is 3.55. The van der Waals surface area contributed by atoms with Crippen LogP contribution in [0.3, 0.4) is 0 Å². The van der Waals surface area contributed by atoms with Crippen LogP contribution in [0.5, 0.6) is 0 Å². The number of nitrogens with zero attached hydrogens (tertiary/aromatic N) is 3. The van der Waals surface area contributed by atoms with Crippen LogP contribution in [0, 0.1) is 0 Å². The van der Waals surface area contributed by atoms with Crippen molar-refractivity contribution in [3.63, 3.8) is 0 Å². The van der Waals surface area contributed by atoms with Gasteiger partial charge in [0.25, 0.3) is 0 Å². The van der Waals surface area contributed by atoms with Gasteiger partial charge in [0.1, 0.15) is 5.01 Å². The van der Waals surface area contributed by atoms with Gasteiger partial charge in [0.15, 0.2) is 0 Å². The van der Waals surface area contributed by atoms with E-state index >= 15 is 0 Å². The van der Waals surface area contributed by atoms with E-state index in [4.69, 9.17) is 0 Å². The molecule has 0 atom stereocenters. The van der Waals surface area contributed by atoms with E-state index in [1.54, 1.807) is 11.3 Å². The summed E-state index contributed by atoms with van der Waals surface area (Å²) in [6.07, 6.45) is 5.70. The molecule has 4 rings (SSSR count). The number of rotatable bonds is 3. The van der Waals surface area contributed by atoms with Gasteiger partial charge in [-0.3, -0.25) is 0 Å². The minimum absolute atomic E-state index is 0.707. The Bertz CT molecular complexity index is 688. The quantitative estimate of drug-likeness (QED) is 0.722. The lowest BCUT2D eigenvalue weighted by Crippen LogP contribution is -1.84. The van der Waals surface area contributed by atoms with E-state index in [0.717, 1.165) is 17.1 Å². The smallest absolute Gasteiger partial charge is 0.212 e. The maximum Gasteiger partial charge on any atom is 0.212 e. The Balaban J connectivity index is 1.71. The Morgan fingerprint density at radius 3 is 2.68 bits per heavy atom. The first-order valence-electron chi connectivity index (χ1n) is 6.79. The van der Waals surface area contributed by atoms with Gasteiger partial charge < -0.3 is 0 Å². The standard InChI is InChI=1S/C15H15N3S/c1-2-10-3-5-11(6-4-10)13-9-18-15(16-13)19-14(17-18)12-7-8-12/h3-6,9,12H,2,7-8H2,1H3. The van der Waals surface area contributed by atoms with Crippen LogP contribution >= 0.6 is 11.3 Å². The molecule has 96 valence electrons. The molecule has 3 nitrogen and oxygen atoms in total. The Morgan fingerprint density at radius 1 is 1.26 bits per heavy atom. The molecular weight excluding hydrogens is 254 g/mol. The zero-order valence-corrected chi connectivity index (χ0v) is 11.7. The summed E-state index contributed by atoms with van der Waals surface area (Å²) in [5.74, 6) is 0.707. The molecule has 1 saturated carbocycles. The number of hydrogen-bond acceptors (Lipinski definition) is 3. The fraction of sp³-hybridized carbons (Fsp3) is 0.333. The molecule has 2 heterocycles. The lowest BCUT2D eigenvalue weighted by molar-refractivity contribution is 0.905. The lowest BCUT2D eigenvalue weighted by atomic mass is 10.1. The van der Waals surface area contributed by atoms with E-state index in [0.29, 0.717) is 5.92 Å². The van der Waals surface area contributed by atoms with Crippen molar-refractivity contribution in [1.29, 1.82) is 0 Å². The zero-order valence-electron chi connectivity index (χ0n) is 10.8. The molecule has 2 aromatic heterocycles. The summed E-state index contributed by atoms with van der Waals surface area (Å²) in [6.45, 7) is 2.17. The topological polar surface area (TPSA) is 30.2 Å². The number of aryl methyl sites for hydroxylation is 1. The Kier molecular flexibility index (Phi) is 2.45. The maximum atomic E-state index is 4.69. The summed E-state index contributed by atoms with van der Waals surface area (Å²) in [5, 5.41) is 5.87. The molecule has 0 radical (unpaired) electrons. The van der Waals surface area contributed by atoms with Crippen LogP contribution in [0.2, 0.25) is 0 Å². The largest absolute Gasteiger partial charge is 0.217 e. The van der Waals surface area contributed by atoms with Gasteiger partial charge in [-0.1, -0.05) is 42.5 Å². The van der Waals surface area contributed by atoms with Crippen molar-refractivity contribution in [3.8, 4) is 11.3 Å². The third kappa shape index (κ3) is 1.96. The SMILES string of the molecule is CCc1ccc(-c2cn3nc(C4CC4)sc3n2)cc1. The molecule has 0 unspecified atom stereocenters. The molecule has 1 aliphatic carbocycles. The van der Waals surface area contributed by atoms with Crippen LogP contribution in [0.1, 0.15) is 36.3 Å². The predicted octanol–water partition coefficient (Wildman–Crippen LogP) is 3.90. The van der Waals surface area contributed by atoms with Crippen molar-refractivity contribution in [3.05, 3.63) is 41.0 Å². The molecule has 0 amide bonds. The summed E-state index contributed by atoms with van der Waals surface area (Å²) in [4.78, 5) is 5.70. The molecule has 1 aromatic carbocycles. The number of imidazole rings is 1. The molecule has 1 aliphatic rings. The van der Waals surface area contributed by atoms with Crippen LogP contribution in [0.15, 0.2) is 30.5 Å². The first kappa shape index (κ1) is 11.2. The molecule has 3 aromatic rings. The van der Waals surface area contributed by atoms with Gasteiger partial charge in [-0.25, -0.2) is 9.50 Å². The number of hydrogen-bond donors (Lipinski definition) is 0. The van der Waals surface area contributed by atoms with E-state index < -0.39 is 0 Å². The van der Waals surface area contributed by atoms with E-state index in [1.165, 1.54) is 29.0 Å². The van der Waals surface area contributed by atoms with E-state index in [-0.39, 0.29) is 0 Å². The maximum absolute atomic E-state index is 4.69. The minimum atomic E-state index is 0.707. The first-order chi connectivity index (χ1) is 9.33. The Morgan fingerprint density at radius 2 is 2.05 bits per heavy atom. The van der Waals surface area contributed by atoms with Crippen molar-refractivity contribution in [2.45, 2.75) is 32.1 Å². The van der Waals surface area contributed by atoms with Crippen molar-refractivity contribution in [2.75, 3.05) is 0 Å². The third-order valence-electron chi connectivity index (χ3n) is 3.64. The second kappa shape index (κ2) is 4.17. The van der Waals surface area contributed by atoms with Crippen LogP contribution in [0.4, 0.5) is 0 Å². The monoisotopic (exact) mass is 269 g/mol. The summed E-state index contributed by atoms with van der Waals surface area (Å²) in [7, 11) is 0. The highest BCUT2D eigenvalue weighted by Gasteiger charge is 2.27. The van der Waals surface area contributed by atoms with Gasteiger partial charge in [0.05, 0.1) is 11.9 Å². The van der Waals surface area contributed by atoms with Gasteiger partial charge >= 0.3 is 0 Å². The van der Waals surface area contributed by atoms with E-state index in [2.05, 4.69) is 41.3 Å². The Labute approximate surface area is 115 Å². The van der Waals surface area contributed by atoms with Gasteiger partial charge in [-0.05, 0) is 24.8 Å². The van der Waals surface area contributed by atoms with E-state index in [9.17, 15) is 0 Å². The molecule has 4 heteroatoms. The summed E-state index contributed by atoms with van der Waals surface area (Å²) in [6, 6.07) is 8.64. The van der Waals surface area contributed by atoms with E-state index in [1.807, 2.05) is 10.7 Å². The predicted molar refractivity (Wildman–Crippen MR) is 77.7 cm³/mol. The van der Waals surface area contributed by atoms with Crippen molar-refractivity contribution >= 4 is 16.3 Å². The van der Waals surface area contributed by atoms with Crippen LogP contribution in [-0.2, 0) is 6.42 Å². The highest BCUT2D eigenvalue weighted by atomic mass is 32.1. The van der Waals surface area contributed by atoms with Crippen LogP contribution in [-0.4, -0.2) is 14.6 Å². The number of aromatic nitrogens is 3. The van der Waals surface area contributed by atoms with Crippen molar-refractivity contribution < 1.29 is 0 Å². The molecule has 0 aliphatic heterocycles. The van der Waals surface area contributed by atoms with Crippen molar-refractivity contribution in [2.24, 2.45) is 0 Å². The fourth-order valence-corrected chi connectivity index (χ4v) is 3.31. The fourth-order valence-electron chi connectivity index (χ4n) is 2.26. The lowest BCUT2D eigenvalue weighted by Gasteiger charge is -1.98. The zero-order chi connectivity index (χ0) is 12.8. The van der Waals surface area contributed by atoms with Gasteiger partial charge in [0, 0.05) is 11.5 Å². The average molecular weight is 269 g/mol.